The van der Waals surface area contributed by atoms with Gasteiger partial charge in [-0.3, -0.25) is 0 Å². The second kappa shape index (κ2) is 7.72. The summed E-state index contributed by atoms with van der Waals surface area (Å²) in [5.41, 5.74) is 1.89. The second-order valence-corrected chi connectivity index (χ2v) is 7.85. The molecule has 0 aromatic heterocycles. The molecule has 0 bridgehead atoms. The Kier molecular flexibility index (Phi) is 5.61. The van der Waals surface area contributed by atoms with Crippen LogP contribution in [0.5, 0.6) is 0 Å². The summed E-state index contributed by atoms with van der Waals surface area (Å²) in [6, 6.07) is 21.5. The number of benzene rings is 2. The number of hydrogen-bond acceptors (Lipinski definition) is 2. The molecule has 0 aliphatic carbocycles. The lowest BCUT2D eigenvalue weighted by molar-refractivity contribution is -0.0982. The smallest absolute Gasteiger partial charge is 0.0714 e. The highest BCUT2D eigenvalue weighted by atomic mass is 16.3. The van der Waals surface area contributed by atoms with E-state index in [1.165, 1.54) is 11.1 Å². The molecule has 1 fully saturated rings. The van der Waals surface area contributed by atoms with E-state index in [0.29, 0.717) is 5.92 Å². The standard InChI is InChI=1S/C23H31NO/c1-4-15-23(25)16-20(18-11-7-5-8-12-18)24-22(21(23)17(2)3)19-13-9-6-10-14-19/h5-14,17,20-22,24-25H,4,15-16H2,1-3H3/t20-,21+,22+,23+/m1/s1. The second-order valence-electron chi connectivity index (χ2n) is 7.85. The fourth-order valence-electron chi connectivity index (χ4n) is 4.75. The molecule has 1 aliphatic rings. The third kappa shape index (κ3) is 3.80. The Hall–Kier alpha value is -1.64. The molecule has 1 saturated heterocycles. The summed E-state index contributed by atoms with van der Waals surface area (Å²) in [5.74, 6) is 0.612. The minimum atomic E-state index is -0.644. The molecule has 0 unspecified atom stereocenters. The van der Waals surface area contributed by atoms with E-state index in [1.54, 1.807) is 0 Å². The first-order chi connectivity index (χ1) is 12.0. The average molecular weight is 338 g/mol. The van der Waals surface area contributed by atoms with Crippen LogP contribution in [0.4, 0.5) is 0 Å². The highest BCUT2D eigenvalue weighted by Gasteiger charge is 2.48. The number of hydrogen-bond donors (Lipinski definition) is 2. The van der Waals surface area contributed by atoms with Gasteiger partial charge in [-0.05, 0) is 29.9 Å². The predicted molar refractivity (Wildman–Crippen MR) is 104 cm³/mol. The van der Waals surface area contributed by atoms with Gasteiger partial charge >= 0.3 is 0 Å². The average Bonchev–Trinajstić information content (AvgIpc) is 2.62. The van der Waals surface area contributed by atoms with Crippen LogP contribution in [-0.2, 0) is 0 Å². The Morgan fingerprint density at radius 3 is 2.08 bits per heavy atom. The Bertz CT molecular complexity index is 654. The van der Waals surface area contributed by atoms with E-state index in [1.807, 2.05) is 0 Å². The molecule has 0 amide bonds. The highest BCUT2D eigenvalue weighted by Crippen LogP contribution is 2.48. The molecule has 1 heterocycles. The summed E-state index contributed by atoms with van der Waals surface area (Å²) in [5, 5.41) is 15.6. The van der Waals surface area contributed by atoms with Crippen molar-refractivity contribution in [2.24, 2.45) is 11.8 Å². The lowest BCUT2D eigenvalue weighted by Crippen LogP contribution is -2.55. The molecular formula is C23H31NO. The molecular weight excluding hydrogens is 306 g/mol. The summed E-state index contributed by atoms with van der Waals surface area (Å²) in [6.45, 7) is 6.66. The van der Waals surface area contributed by atoms with Gasteiger partial charge in [-0.2, -0.15) is 0 Å². The summed E-state index contributed by atoms with van der Waals surface area (Å²) in [6.07, 6.45) is 2.63. The van der Waals surface area contributed by atoms with Crippen molar-refractivity contribution in [3.63, 3.8) is 0 Å². The molecule has 0 spiro atoms. The minimum Gasteiger partial charge on any atom is -0.389 e. The molecule has 2 N–H and O–H groups in total. The van der Waals surface area contributed by atoms with Crippen LogP contribution in [0.15, 0.2) is 60.7 Å². The topological polar surface area (TPSA) is 32.3 Å². The van der Waals surface area contributed by atoms with E-state index in [-0.39, 0.29) is 18.0 Å². The summed E-state index contributed by atoms with van der Waals surface area (Å²) in [7, 11) is 0. The first kappa shape index (κ1) is 18.2. The summed E-state index contributed by atoms with van der Waals surface area (Å²) < 4.78 is 0. The van der Waals surface area contributed by atoms with Gasteiger partial charge in [-0.15, -0.1) is 0 Å². The Morgan fingerprint density at radius 1 is 1.00 bits per heavy atom. The molecule has 0 radical (unpaired) electrons. The lowest BCUT2D eigenvalue weighted by Gasteiger charge is -2.51. The van der Waals surface area contributed by atoms with Crippen LogP contribution in [0.25, 0.3) is 0 Å². The van der Waals surface area contributed by atoms with Crippen LogP contribution < -0.4 is 5.32 Å². The van der Waals surface area contributed by atoms with Gasteiger partial charge < -0.3 is 10.4 Å². The number of piperidine rings is 1. The van der Waals surface area contributed by atoms with Crippen molar-refractivity contribution in [2.45, 2.75) is 57.7 Å². The molecule has 134 valence electrons. The third-order valence-corrected chi connectivity index (χ3v) is 5.68. The zero-order valence-electron chi connectivity index (χ0n) is 15.7. The molecule has 2 aromatic rings. The maximum atomic E-state index is 11.7. The summed E-state index contributed by atoms with van der Waals surface area (Å²) >= 11 is 0. The maximum Gasteiger partial charge on any atom is 0.0714 e. The molecule has 25 heavy (non-hydrogen) atoms. The quantitative estimate of drug-likeness (QED) is 0.779. The van der Waals surface area contributed by atoms with Crippen molar-refractivity contribution < 1.29 is 5.11 Å². The number of aliphatic hydroxyl groups is 1. The van der Waals surface area contributed by atoms with Crippen LogP contribution in [0.1, 0.15) is 63.2 Å². The van der Waals surface area contributed by atoms with Crippen molar-refractivity contribution in [3.05, 3.63) is 71.8 Å². The van der Waals surface area contributed by atoms with Crippen molar-refractivity contribution in [3.8, 4) is 0 Å². The normalized spacial score (nSPS) is 29.7. The maximum absolute atomic E-state index is 11.7. The van der Waals surface area contributed by atoms with Crippen LogP contribution in [0.2, 0.25) is 0 Å². The van der Waals surface area contributed by atoms with Gasteiger partial charge in [-0.25, -0.2) is 0 Å². The largest absolute Gasteiger partial charge is 0.389 e. The van der Waals surface area contributed by atoms with Gasteiger partial charge in [0.2, 0.25) is 0 Å². The highest BCUT2D eigenvalue weighted by molar-refractivity contribution is 5.27. The molecule has 1 aliphatic heterocycles. The zero-order chi connectivity index (χ0) is 17.9. The molecule has 4 atom stereocenters. The molecule has 2 aromatic carbocycles. The Labute approximate surface area is 152 Å². The van der Waals surface area contributed by atoms with Crippen molar-refractivity contribution in [2.75, 3.05) is 0 Å². The van der Waals surface area contributed by atoms with E-state index in [0.717, 1.165) is 19.3 Å². The van der Waals surface area contributed by atoms with E-state index in [2.05, 4.69) is 86.8 Å². The van der Waals surface area contributed by atoms with Crippen LogP contribution in [-0.4, -0.2) is 10.7 Å². The Morgan fingerprint density at radius 2 is 1.56 bits per heavy atom. The summed E-state index contributed by atoms with van der Waals surface area (Å²) in [4.78, 5) is 0. The molecule has 3 rings (SSSR count). The van der Waals surface area contributed by atoms with Gasteiger partial charge in [0, 0.05) is 18.0 Å². The van der Waals surface area contributed by atoms with Crippen LogP contribution in [0, 0.1) is 11.8 Å². The lowest BCUT2D eigenvalue weighted by atomic mass is 9.65. The monoisotopic (exact) mass is 337 g/mol. The van der Waals surface area contributed by atoms with Gasteiger partial charge in [0.05, 0.1) is 5.60 Å². The van der Waals surface area contributed by atoms with E-state index in [4.69, 9.17) is 0 Å². The Balaban J connectivity index is 2.02. The minimum absolute atomic E-state index is 0.164. The SMILES string of the molecule is CCC[C@]1(O)C[C@H](c2ccccc2)N[C@@H](c2ccccc2)[C@@H]1C(C)C. The van der Waals surface area contributed by atoms with E-state index < -0.39 is 5.60 Å². The van der Waals surface area contributed by atoms with Gasteiger partial charge in [0.15, 0.2) is 0 Å². The van der Waals surface area contributed by atoms with Gasteiger partial charge in [0.1, 0.15) is 0 Å². The zero-order valence-corrected chi connectivity index (χ0v) is 15.7. The van der Waals surface area contributed by atoms with E-state index in [9.17, 15) is 5.11 Å². The third-order valence-electron chi connectivity index (χ3n) is 5.68. The fraction of sp³-hybridized carbons (Fsp3) is 0.478. The molecule has 2 nitrogen and oxygen atoms in total. The van der Waals surface area contributed by atoms with Gasteiger partial charge in [0.25, 0.3) is 0 Å². The number of rotatable bonds is 5. The van der Waals surface area contributed by atoms with Crippen molar-refractivity contribution in [1.29, 1.82) is 0 Å². The number of nitrogens with one attached hydrogen (secondary N) is 1. The molecule has 2 heteroatoms. The predicted octanol–water partition coefficient (Wildman–Crippen LogP) is 5.27. The van der Waals surface area contributed by atoms with Crippen molar-refractivity contribution in [1.82, 2.24) is 5.32 Å². The molecule has 0 saturated carbocycles. The fourth-order valence-corrected chi connectivity index (χ4v) is 4.75. The first-order valence-electron chi connectivity index (χ1n) is 9.63. The first-order valence-corrected chi connectivity index (χ1v) is 9.63. The van der Waals surface area contributed by atoms with E-state index >= 15 is 0 Å². The van der Waals surface area contributed by atoms with Crippen LogP contribution >= 0.6 is 0 Å². The van der Waals surface area contributed by atoms with Crippen molar-refractivity contribution >= 4 is 0 Å². The van der Waals surface area contributed by atoms with Crippen LogP contribution in [0.3, 0.4) is 0 Å². The van der Waals surface area contributed by atoms with Gasteiger partial charge in [-0.1, -0.05) is 87.9 Å².